The monoisotopic (exact) mass is 495 g/mol. The molecule has 9 nitrogen and oxygen atoms in total. The second-order valence-corrected chi connectivity index (χ2v) is 10.2. The molecule has 5 aromatic rings. The van der Waals surface area contributed by atoms with Crippen LogP contribution in [0.25, 0.3) is 28.2 Å². The molecular weight excluding hydrogens is 462 g/mol. The highest BCUT2D eigenvalue weighted by molar-refractivity contribution is 5.84. The number of piperazine rings is 1. The molecule has 0 amide bonds. The highest BCUT2D eigenvalue weighted by Crippen LogP contribution is 2.30. The fourth-order valence-corrected chi connectivity index (χ4v) is 4.98. The second-order valence-electron chi connectivity index (χ2n) is 10.2. The van der Waals surface area contributed by atoms with Crippen LogP contribution in [0.2, 0.25) is 0 Å². The van der Waals surface area contributed by atoms with Crippen molar-refractivity contribution in [1.82, 2.24) is 34.0 Å². The van der Waals surface area contributed by atoms with E-state index in [-0.39, 0.29) is 6.04 Å². The van der Waals surface area contributed by atoms with Gasteiger partial charge in [0.2, 0.25) is 5.65 Å². The van der Waals surface area contributed by atoms with Gasteiger partial charge >= 0.3 is 0 Å². The van der Waals surface area contributed by atoms with E-state index in [1.54, 1.807) is 0 Å². The van der Waals surface area contributed by atoms with Crippen molar-refractivity contribution >= 4 is 28.2 Å². The third-order valence-corrected chi connectivity index (χ3v) is 7.00. The summed E-state index contributed by atoms with van der Waals surface area (Å²) in [6.45, 7) is 11.0. The van der Waals surface area contributed by atoms with Gasteiger partial charge in [0.05, 0.1) is 11.0 Å². The fraction of sp³-hybridized carbons (Fsp3) is 0.357. The normalized spacial score (nSPS) is 14.8. The summed E-state index contributed by atoms with van der Waals surface area (Å²) in [5.41, 5.74) is 6.03. The first-order valence-electron chi connectivity index (χ1n) is 12.9. The minimum absolute atomic E-state index is 0.206. The molecule has 1 aliphatic heterocycles. The Labute approximate surface area is 216 Å². The second kappa shape index (κ2) is 9.48. The highest BCUT2D eigenvalue weighted by Gasteiger charge is 2.21. The number of hydrogen-bond donors (Lipinski definition) is 1. The molecule has 1 fully saturated rings. The minimum Gasteiger partial charge on any atom is -0.369 e. The molecule has 0 unspecified atom stereocenters. The number of hydrogen-bond acceptors (Lipinski definition) is 7. The van der Waals surface area contributed by atoms with Gasteiger partial charge in [-0.25, -0.2) is 9.97 Å². The lowest BCUT2D eigenvalue weighted by atomic mass is 10.2. The van der Waals surface area contributed by atoms with Crippen molar-refractivity contribution in [1.29, 1.82) is 0 Å². The van der Waals surface area contributed by atoms with Crippen LogP contribution in [0.3, 0.4) is 0 Å². The number of benzene rings is 2. The van der Waals surface area contributed by atoms with E-state index >= 15 is 0 Å². The molecule has 1 saturated heterocycles. The molecule has 0 spiro atoms. The maximum absolute atomic E-state index is 5.11. The predicted octanol–water partition coefficient (Wildman–Crippen LogP) is 4.07. The summed E-state index contributed by atoms with van der Waals surface area (Å²) < 4.78 is 4.28. The van der Waals surface area contributed by atoms with Crippen molar-refractivity contribution < 1.29 is 0 Å². The van der Waals surface area contributed by atoms with Crippen LogP contribution in [0.1, 0.15) is 25.2 Å². The van der Waals surface area contributed by atoms with Gasteiger partial charge in [-0.3, -0.25) is 4.40 Å². The Balaban J connectivity index is 1.52. The molecular formula is C28H33N9. The smallest absolute Gasteiger partial charge is 0.203 e. The number of rotatable bonds is 6. The molecule has 0 atom stereocenters. The van der Waals surface area contributed by atoms with Crippen molar-refractivity contribution in [2.45, 2.75) is 33.4 Å². The summed E-state index contributed by atoms with van der Waals surface area (Å²) in [4.78, 5) is 15.0. The molecule has 0 radical (unpaired) electrons. The molecule has 6 rings (SSSR count). The van der Waals surface area contributed by atoms with Crippen molar-refractivity contribution in [2.24, 2.45) is 0 Å². The summed E-state index contributed by atoms with van der Waals surface area (Å²) in [5.74, 6) is 2.36. The number of imidazole rings is 1. The lowest BCUT2D eigenvalue weighted by Gasteiger charge is -2.34. The van der Waals surface area contributed by atoms with Crippen molar-refractivity contribution in [2.75, 3.05) is 43.4 Å². The summed E-state index contributed by atoms with van der Waals surface area (Å²) in [5, 5.41) is 12.1. The SMILES string of the molecule is Cc1nnc2c(NC(C)C)nc(-c3nc4ccc(N5CCN(C)CC5)cc4n3Cc3ccccc3)cn12. The average molecular weight is 496 g/mol. The van der Waals surface area contributed by atoms with E-state index in [1.807, 2.05) is 17.5 Å². The van der Waals surface area contributed by atoms with E-state index in [4.69, 9.17) is 9.97 Å². The van der Waals surface area contributed by atoms with Gasteiger partial charge in [0.1, 0.15) is 11.5 Å². The topological polar surface area (TPSA) is 79.4 Å². The third-order valence-electron chi connectivity index (χ3n) is 7.00. The van der Waals surface area contributed by atoms with Crippen molar-refractivity contribution in [3.8, 4) is 11.5 Å². The van der Waals surface area contributed by atoms with E-state index < -0.39 is 0 Å². The number of nitrogens with one attached hydrogen (secondary N) is 1. The average Bonchev–Trinajstić information content (AvgIpc) is 3.45. The largest absolute Gasteiger partial charge is 0.369 e. The quantitative estimate of drug-likeness (QED) is 0.380. The van der Waals surface area contributed by atoms with Gasteiger partial charge in [0.25, 0.3) is 0 Å². The van der Waals surface area contributed by atoms with Gasteiger partial charge in [-0.1, -0.05) is 30.3 Å². The summed E-state index contributed by atoms with van der Waals surface area (Å²) in [7, 11) is 2.19. The van der Waals surface area contributed by atoms with Gasteiger partial charge < -0.3 is 19.7 Å². The third kappa shape index (κ3) is 4.51. The van der Waals surface area contributed by atoms with Gasteiger partial charge in [0.15, 0.2) is 11.6 Å². The lowest BCUT2D eigenvalue weighted by molar-refractivity contribution is 0.313. The molecule has 9 heteroatoms. The van der Waals surface area contributed by atoms with Gasteiger partial charge in [-0.05, 0) is 51.6 Å². The zero-order chi connectivity index (χ0) is 25.5. The highest BCUT2D eigenvalue weighted by atomic mass is 15.3. The number of fused-ring (bicyclic) bond motifs is 2. The van der Waals surface area contributed by atoms with E-state index in [0.717, 1.165) is 60.2 Å². The van der Waals surface area contributed by atoms with Crippen LogP contribution in [0.15, 0.2) is 54.7 Å². The zero-order valence-corrected chi connectivity index (χ0v) is 21.9. The van der Waals surface area contributed by atoms with Crippen LogP contribution in [0, 0.1) is 6.92 Å². The Hall–Kier alpha value is -3.98. The van der Waals surface area contributed by atoms with Crippen LogP contribution < -0.4 is 10.2 Å². The number of nitrogens with zero attached hydrogens (tertiary/aromatic N) is 8. The van der Waals surface area contributed by atoms with Crippen LogP contribution in [0.5, 0.6) is 0 Å². The maximum atomic E-state index is 5.11. The van der Waals surface area contributed by atoms with Crippen molar-refractivity contribution in [3.05, 3.63) is 66.1 Å². The van der Waals surface area contributed by atoms with Crippen LogP contribution in [-0.4, -0.2) is 73.3 Å². The molecule has 1 N–H and O–H groups in total. The van der Waals surface area contributed by atoms with Gasteiger partial charge in [0, 0.05) is 50.6 Å². The van der Waals surface area contributed by atoms with E-state index in [1.165, 1.54) is 11.3 Å². The first-order chi connectivity index (χ1) is 18.0. The van der Waals surface area contributed by atoms with Crippen LogP contribution in [0.4, 0.5) is 11.5 Å². The van der Waals surface area contributed by atoms with Gasteiger partial charge in [-0.15, -0.1) is 10.2 Å². The number of likely N-dealkylation sites (N-methyl/N-ethyl adjacent to an activating group) is 1. The first-order valence-corrected chi connectivity index (χ1v) is 12.9. The first kappa shape index (κ1) is 23.4. The molecule has 4 heterocycles. The molecule has 1 aliphatic rings. The zero-order valence-electron chi connectivity index (χ0n) is 21.9. The summed E-state index contributed by atoms with van der Waals surface area (Å²) in [6, 6.07) is 17.4. The number of aromatic nitrogens is 6. The van der Waals surface area contributed by atoms with Crippen LogP contribution in [-0.2, 0) is 6.54 Å². The molecule has 0 saturated carbocycles. The van der Waals surface area contributed by atoms with E-state index in [9.17, 15) is 0 Å². The molecule has 3 aromatic heterocycles. The molecule has 0 bridgehead atoms. The standard InChI is InChI=1S/C28H33N9/c1-19(2)29-26-28-33-32-20(3)36(28)18-24(30-26)27-31-23-11-10-22(35-14-12-34(4)13-15-35)16-25(23)37(27)17-21-8-6-5-7-9-21/h5-11,16,18-19H,12-15,17H2,1-4H3,(H,29,30). The summed E-state index contributed by atoms with van der Waals surface area (Å²) in [6.07, 6.45) is 2.00. The Morgan fingerprint density at radius 2 is 1.73 bits per heavy atom. The Morgan fingerprint density at radius 3 is 2.49 bits per heavy atom. The van der Waals surface area contributed by atoms with Crippen LogP contribution >= 0.6 is 0 Å². The van der Waals surface area contributed by atoms with E-state index in [0.29, 0.717) is 12.4 Å². The Kier molecular flexibility index (Phi) is 6.00. The number of anilines is 2. The maximum Gasteiger partial charge on any atom is 0.203 e. The molecule has 37 heavy (non-hydrogen) atoms. The van der Waals surface area contributed by atoms with Crippen molar-refractivity contribution in [3.63, 3.8) is 0 Å². The minimum atomic E-state index is 0.206. The van der Waals surface area contributed by atoms with E-state index in [2.05, 4.69) is 99.3 Å². The lowest BCUT2D eigenvalue weighted by Crippen LogP contribution is -2.44. The summed E-state index contributed by atoms with van der Waals surface area (Å²) >= 11 is 0. The number of aryl methyl sites for hydroxylation is 1. The van der Waals surface area contributed by atoms with Gasteiger partial charge in [-0.2, -0.15) is 0 Å². The fourth-order valence-electron chi connectivity index (χ4n) is 4.98. The predicted molar refractivity (Wildman–Crippen MR) is 148 cm³/mol. The molecule has 2 aromatic carbocycles. The Morgan fingerprint density at radius 1 is 0.946 bits per heavy atom. The molecule has 0 aliphatic carbocycles. The Bertz CT molecular complexity index is 1540. The molecule has 190 valence electrons.